The minimum absolute atomic E-state index is 0.0319. The van der Waals surface area contributed by atoms with Crippen LogP contribution in [-0.2, 0) is 5.54 Å². The number of aryl methyl sites for hydroxylation is 1. The summed E-state index contributed by atoms with van der Waals surface area (Å²) in [7, 11) is 0. The minimum atomic E-state index is -0.583. The lowest BCUT2D eigenvalue weighted by molar-refractivity contribution is 0.0992. The van der Waals surface area contributed by atoms with Crippen molar-refractivity contribution in [3.63, 3.8) is 0 Å². The maximum atomic E-state index is 13.0. The van der Waals surface area contributed by atoms with Gasteiger partial charge in [0, 0.05) is 0 Å². The predicted octanol–water partition coefficient (Wildman–Crippen LogP) is 2.83. The number of nitrogens with two attached hydrogens (primary N) is 1. The van der Waals surface area contributed by atoms with Gasteiger partial charge in [-0.2, -0.15) is 10.1 Å². The van der Waals surface area contributed by atoms with Gasteiger partial charge in [-0.3, -0.25) is 4.79 Å². The number of para-hydroxylation sites is 1. The summed E-state index contributed by atoms with van der Waals surface area (Å²) in [5.74, 6) is 0.0715. The zero-order valence-electron chi connectivity index (χ0n) is 14.9. The van der Waals surface area contributed by atoms with Gasteiger partial charge in [0.05, 0.1) is 28.2 Å². The summed E-state index contributed by atoms with van der Waals surface area (Å²) in [6, 6.07) is 9.68. The van der Waals surface area contributed by atoms with E-state index in [1.165, 1.54) is 0 Å². The second-order valence-electron chi connectivity index (χ2n) is 6.91. The number of ketones is 1. The Kier molecular flexibility index (Phi) is 3.96. The third-order valence-electron chi connectivity index (χ3n) is 5.08. The first-order valence-electron chi connectivity index (χ1n) is 8.79. The van der Waals surface area contributed by atoms with E-state index in [9.17, 15) is 4.79 Å². The van der Waals surface area contributed by atoms with Crippen LogP contribution in [0.3, 0.4) is 0 Å². The molecule has 0 unspecified atom stereocenters. The molecule has 2 heterocycles. The lowest BCUT2D eigenvalue weighted by atomic mass is 9.98. The molecule has 1 fully saturated rings. The standard InChI is InChI=1S/C19H21N5O2/c1-12-15(13(2)24(22-12)14-8-4-3-5-9-14)16(25)17-21-18(23-26-17)19(20)10-6-7-11-19/h3-5,8-9H,6-7,10-11,20H2,1-2H3. The Bertz CT molecular complexity index is 952. The molecule has 0 bridgehead atoms. The Morgan fingerprint density at radius 2 is 1.88 bits per heavy atom. The van der Waals surface area contributed by atoms with Crippen molar-refractivity contribution in [1.82, 2.24) is 19.9 Å². The smallest absolute Gasteiger partial charge is 0.299 e. The molecule has 134 valence electrons. The number of carbonyl (C=O) groups is 1. The van der Waals surface area contributed by atoms with Crippen molar-refractivity contribution in [2.45, 2.75) is 45.1 Å². The van der Waals surface area contributed by atoms with Crippen LogP contribution in [0.15, 0.2) is 34.9 Å². The fourth-order valence-corrected chi connectivity index (χ4v) is 3.65. The maximum Gasteiger partial charge on any atom is 0.299 e. The van der Waals surface area contributed by atoms with Gasteiger partial charge < -0.3 is 10.3 Å². The van der Waals surface area contributed by atoms with Crippen LogP contribution in [0, 0.1) is 13.8 Å². The predicted molar refractivity (Wildman–Crippen MR) is 95.1 cm³/mol. The van der Waals surface area contributed by atoms with E-state index in [0.717, 1.165) is 37.1 Å². The molecule has 0 amide bonds. The second-order valence-corrected chi connectivity index (χ2v) is 6.91. The van der Waals surface area contributed by atoms with Gasteiger partial charge in [-0.15, -0.1) is 0 Å². The van der Waals surface area contributed by atoms with Crippen molar-refractivity contribution in [3.05, 3.63) is 59.0 Å². The number of hydrogen-bond acceptors (Lipinski definition) is 6. The van der Waals surface area contributed by atoms with Crippen molar-refractivity contribution in [1.29, 1.82) is 0 Å². The van der Waals surface area contributed by atoms with Crippen LogP contribution in [0.25, 0.3) is 5.69 Å². The van der Waals surface area contributed by atoms with Crippen molar-refractivity contribution in [2.24, 2.45) is 5.73 Å². The summed E-state index contributed by atoms with van der Waals surface area (Å²) < 4.78 is 7.01. The van der Waals surface area contributed by atoms with E-state index in [-0.39, 0.29) is 11.7 Å². The Morgan fingerprint density at radius 3 is 2.58 bits per heavy atom. The molecule has 0 aliphatic heterocycles. The third-order valence-corrected chi connectivity index (χ3v) is 5.08. The lowest BCUT2D eigenvalue weighted by Crippen LogP contribution is -2.34. The Morgan fingerprint density at radius 1 is 1.19 bits per heavy atom. The molecule has 4 rings (SSSR count). The fourth-order valence-electron chi connectivity index (χ4n) is 3.65. The highest BCUT2D eigenvalue weighted by atomic mass is 16.5. The van der Waals surface area contributed by atoms with Crippen molar-refractivity contribution >= 4 is 5.78 Å². The summed E-state index contributed by atoms with van der Waals surface area (Å²) in [4.78, 5) is 17.3. The van der Waals surface area contributed by atoms with E-state index in [4.69, 9.17) is 10.3 Å². The molecule has 7 heteroatoms. The molecule has 0 saturated heterocycles. The number of benzene rings is 1. The maximum absolute atomic E-state index is 13.0. The Labute approximate surface area is 151 Å². The number of rotatable bonds is 4. The van der Waals surface area contributed by atoms with Crippen LogP contribution in [0.5, 0.6) is 0 Å². The van der Waals surface area contributed by atoms with E-state index in [2.05, 4.69) is 15.2 Å². The zero-order valence-corrected chi connectivity index (χ0v) is 14.9. The summed E-state index contributed by atoms with van der Waals surface area (Å²) >= 11 is 0. The molecule has 0 radical (unpaired) electrons. The van der Waals surface area contributed by atoms with Gasteiger partial charge in [0.25, 0.3) is 11.7 Å². The molecular weight excluding hydrogens is 330 g/mol. The largest absolute Gasteiger partial charge is 0.330 e. The summed E-state index contributed by atoms with van der Waals surface area (Å²) in [5, 5.41) is 8.49. The SMILES string of the molecule is Cc1nn(-c2ccccc2)c(C)c1C(=O)c1nc(C2(N)CCCC2)no1. The van der Waals surface area contributed by atoms with Gasteiger partial charge in [0.1, 0.15) is 0 Å². The highest BCUT2D eigenvalue weighted by Gasteiger charge is 2.37. The molecule has 26 heavy (non-hydrogen) atoms. The first-order valence-corrected chi connectivity index (χ1v) is 8.79. The molecule has 3 aromatic rings. The first kappa shape index (κ1) is 16.7. The fraction of sp³-hybridized carbons (Fsp3) is 0.368. The normalized spacial score (nSPS) is 16.1. The van der Waals surface area contributed by atoms with E-state index >= 15 is 0 Å². The minimum Gasteiger partial charge on any atom is -0.330 e. The highest BCUT2D eigenvalue weighted by Crippen LogP contribution is 2.34. The van der Waals surface area contributed by atoms with Crippen LogP contribution in [0.1, 0.15) is 59.1 Å². The highest BCUT2D eigenvalue weighted by molar-refractivity contribution is 6.07. The Balaban J connectivity index is 1.69. The van der Waals surface area contributed by atoms with Gasteiger partial charge in [-0.1, -0.05) is 36.2 Å². The molecule has 2 N–H and O–H groups in total. The van der Waals surface area contributed by atoms with Crippen molar-refractivity contribution in [2.75, 3.05) is 0 Å². The van der Waals surface area contributed by atoms with Crippen molar-refractivity contribution < 1.29 is 9.32 Å². The second kappa shape index (κ2) is 6.17. The summed E-state index contributed by atoms with van der Waals surface area (Å²) in [6.07, 6.45) is 3.70. The van der Waals surface area contributed by atoms with Crippen molar-refractivity contribution in [3.8, 4) is 5.69 Å². The van der Waals surface area contributed by atoms with Gasteiger partial charge in [-0.05, 0) is 38.8 Å². The van der Waals surface area contributed by atoms with E-state index in [0.29, 0.717) is 17.1 Å². The van der Waals surface area contributed by atoms with Gasteiger partial charge in [0.2, 0.25) is 0 Å². The monoisotopic (exact) mass is 351 g/mol. The van der Waals surface area contributed by atoms with E-state index in [1.54, 1.807) is 11.6 Å². The molecular formula is C19H21N5O2. The summed E-state index contributed by atoms with van der Waals surface area (Å²) in [6.45, 7) is 3.66. The van der Waals surface area contributed by atoms with Gasteiger partial charge in [-0.25, -0.2) is 4.68 Å². The van der Waals surface area contributed by atoms with Crippen LogP contribution >= 0.6 is 0 Å². The molecule has 1 aliphatic carbocycles. The number of nitrogens with zero attached hydrogens (tertiary/aromatic N) is 4. The van der Waals surface area contributed by atoms with E-state index < -0.39 is 5.54 Å². The number of carbonyl (C=O) groups excluding carboxylic acids is 1. The molecule has 0 spiro atoms. The van der Waals surface area contributed by atoms with Crippen LogP contribution in [-0.4, -0.2) is 25.7 Å². The van der Waals surface area contributed by atoms with Gasteiger partial charge in [0.15, 0.2) is 5.82 Å². The number of aromatic nitrogens is 4. The molecule has 1 saturated carbocycles. The lowest BCUT2D eigenvalue weighted by Gasteiger charge is -2.17. The molecule has 1 aliphatic rings. The zero-order chi connectivity index (χ0) is 18.3. The first-order chi connectivity index (χ1) is 12.5. The van der Waals surface area contributed by atoms with E-state index in [1.807, 2.05) is 37.3 Å². The summed E-state index contributed by atoms with van der Waals surface area (Å²) in [5.41, 5.74) is 8.52. The number of hydrogen-bond donors (Lipinski definition) is 1. The molecule has 2 aromatic heterocycles. The van der Waals surface area contributed by atoms with Crippen LogP contribution in [0.2, 0.25) is 0 Å². The average Bonchev–Trinajstić information content (AvgIpc) is 3.35. The van der Waals surface area contributed by atoms with Gasteiger partial charge >= 0.3 is 0 Å². The third kappa shape index (κ3) is 2.64. The Hall–Kier alpha value is -2.80. The topological polar surface area (TPSA) is 99.8 Å². The quantitative estimate of drug-likeness (QED) is 0.726. The molecule has 0 atom stereocenters. The molecule has 7 nitrogen and oxygen atoms in total. The van der Waals surface area contributed by atoms with Crippen LogP contribution < -0.4 is 5.73 Å². The molecule has 1 aromatic carbocycles. The average molecular weight is 351 g/mol. The van der Waals surface area contributed by atoms with Crippen LogP contribution in [0.4, 0.5) is 0 Å².